The van der Waals surface area contributed by atoms with Crippen LogP contribution in [0.5, 0.6) is 0 Å². The minimum Gasteiger partial charge on any atom is -0.330 e. The van der Waals surface area contributed by atoms with Crippen molar-refractivity contribution in [2.45, 2.75) is 26.7 Å². The predicted molar refractivity (Wildman–Crippen MR) is 74.5 cm³/mol. The number of rotatable bonds is 6. The van der Waals surface area contributed by atoms with E-state index in [1.165, 1.54) is 6.20 Å². The van der Waals surface area contributed by atoms with Crippen LogP contribution >= 0.6 is 11.6 Å². The maximum absolute atomic E-state index is 11.8. The molecule has 0 fully saturated rings. The molecule has 5 heteroatoms. The molecule has 1 aromatic rings. The third kappa shape index (κ3) is 5.47. The number of carbonyl (C=O) groups excluding carboxylic acids is 1. The second-order valence-electron chi connectivity index (χ2n) is 4.85. The van der Waals surface area contributed by atoms with Gasteiger partial charge >= 0.3 is 0 Å². The summed E-state index contributed by atoms with van der Waals surface area (Å²) in [5.74, 6) is 1.22. The van der Waals surface area contributed by atoms with Crippen molar-refractivity contribution in [2.24, 2.45) is 17.6 Å². The number of carbonyl (C=O) groups is 1. The number of aromatic nitrogens is 1. The number of anilines is 1. The molecule has 0 aromatic carbocycles. The summed E-state index contributed by atoms with van der Waals surface area (Å²) < 4.78 is 0. The van der Waals surface area contributed by atoms with E-state index in [1.807, 2.05) is 0 Å². The molecule has 1 atom stereocenters. The van der Waals surface area contributed by atoms with Crippen LogP contribution in [0.25, 0.3) is 0 Å². The number of nitrogens with one attached hydrogen (secondary N) is 1. The van der Waals surface area contributed by atoms with Crippen molar-refractivity contribution in [2.75, 3.05) is 11.9 Å². The molecule has 0 radical (unpaired) electrons. The fourth-order valence-corrected chi connectivity index (χ4v) is 1.95. The zero-order valence-corrected chi connectivity index (χ0v) is 11.6. The van der Waals surface area contributed by atoms with Gasteiger partial charge in [0.15, 0.2) is 0 Å². The molecule has 100 valence electrons. The first-order chi connectivity index (χ1) is 8.51. The lowest BCUT2D eigenvalue weighted by Crippen LogP contribution is -2.23. The van der Waals surface area contributed by atoms with Crippen molar-refractivity contribution < 1.29 is 4.79 Å². The van der Waals surface area contributed by atoms with Gasteiger partial charge in [0.1, 0.15) is 5.82 Å². The Balaban J connectivity index is 2.47. The average molecular weight is 270 g/mol. The summed E-state index contributed by atoms with van der Waals surface area (Å²) in [7, 11) is 0. The van der Waals surface area contributed by atoms with E-state index in [0.29, 0.717) is 29.7 Å². The van der Waals surface area contributed by atoms with Crippen molar-refractivity contribution in [1.82, 2.24) is 4.98 Å². The van der Waals surface area contributed by atoms with Gasteiger partial charge in [-0.3, -0.25) is 4.79 Å². The Morgan fingerprint density at radius 2 is 2.22 bits per heavy atom. The third-order valence-corrected chi connectivity index (χ3v) is 2.83. The van der Waals surface area contributed by atoms with Crippen molar-refractivity contribution in [3.63, 3.8) is 0 Å². The highest BCUT2D eigenvalue weighted by Gasteiger charge is 2.14. The van der Waals surface area contributed by atoms with Gasteiger partial charge in [-0.05, 0) is 36.9 Å². The van der Waals surface area contributed by atoms with Gasteiger partial charge in [-0.1, -0.05) is 25.4 Å². The van der Waals surface area contributed by atoms with Crippen LogP contribution in [0.15, 0.2) is 18.3 Å². The quantitative estimate of drug-likeness (QED) is 0.834. The molecule has 18 heavy (non-hydrogen) atoms. The summed E-state index contributed by atoms with van der Waals surface area (Å²) in [5.41, 5.74) is 5.67. The maximum Gasteiger partial charge on any atom is 0.225 e. The number of nitrogens with zero attached hydrogens (tertiary/aromatic N) is 1. The summed E-state index contributed by atoms with van der Waals surface area (Å²) in [6, 6.07) is 3.37. The largest absolute Gasteiger partial charge is 0.330 e. The van der Waals surface area contributed by atoms with E-state index in [9.17, 15) is 4.79 Å². The van der Waals surface area contributed by atoms with Crippen molar-refractivity contribution in [1.29, 1.82) is 0 Å². The molecular weight excluding hydrogens is 250 g/mol. The zero-order valence-electron chi connectivity index (χ0n) is 10.8. The molecule has 0 saturated heterocycles. The lowest BCUT2D eigenvalue weighted by Gasteiger charge is -2.16. The van der Waals surface area contributed by atoms with Crippen molar-refractivity contribution in [3.8, 4) is 0 Å². The number of halogens is 1. The predicted octanol–water partition coefficient (Wildman–Crippen LogP) is 2.68. The Kier molecular flexibility index (Phi) is 6.09. The second-order valence-corrected chi connectivity index (χ2v) is 5.28. The standard InChI is InChI=1S/C13H20ClN3O/c1-9(2)5-10(7-15)6-13(18)17-12-4-3-11(14)8-16-12/h3-4,8-10H,5-7,15H2,1-2H3,(H,16,17,18)/t10-/m0/s1. The minimum absolute atomic E-state index is 0.0547. The molecule has 0 aliphatic carbocycles. The van der Waals surface area contributed by atoms with Crippen LogP contribution in [0.4, 0.5) is 5.82 Å². The minimum atomic E-state index is -0.0547. The van der Waals surface area contributed by atoms with Gasteiger partial charge < -0.3 is 11.1 Å². The molecule has 1 rings (SSSR count). The Hall–Kier alpha value is -1.13. The normalized spacial score (nSPS) is 12.5. The molecule has 1 amide bonds. The lowest BCUT2D eigenvalue weighted by atomic mass is 9.94. The fourth-order valence-electron chi connectivity index (χ4n) is 1.84. The van der Waals surface area contributed by atoms with Crippen LogP contribution in [0, 0.1) is 11.8 Å². The van der Waals surface area contributed by atoms with Gasteiger partial charge in [-0.2, -0.15) is 0 Å². The monoisotopic (exact) mass is 269 g/mol. The molecule has 0 bridgehead atoms. The van der Waals surface area contributed by atoms with Crippen LogP contribution in [0.1, 0.15) is 26.7 Å². The summed E-state index contributed by atoms with van der Waals surface area (Å²) in [4.78, 5) is 15.8. The smallest absolute Gasteiger partial charge is 0.225 e. The maximum atomic E-state index is 11.8. The molecule has 1 aromatic heterocycles. The van der Waals surface area contributed by atoms with E-state index in [2.05, 4.69) is 24.1 Å². The van der Waals surface area contributed by atoms with Gasteiger partial charge in [-0.25, -0.2) is 4.98 Å². The highest BCUT2D eigenvalue weighted by molar-refractivity contribution is 6.30. The van der Waals surface area contributed by atoms with Gasteiger partial charge in [0.05, 0.1) is 5.02 Å². The van der Waals surface area contributed by atoms with E-state index >= 15 is 0 Å². The molecule has 3 N–H and O–H groups in total. The van der Waals surface area contributed by atoms with Crippen LogP contribution in [-0.2, 0) is 4.79 Å². The summed E-state index contributed by atoms with van der Waals surface area (Å²) in [6.07, 6.45) is 2.89. The zero-order chi connectivity index (χ0) is 13.5. The Labute approximate surface area is 113 Å². The summed E-state index contributed by atoms with van der Waals surface area (Å²) in [6.45, 7) is 4.78. The summed E-state index contributed by atoms with van der Waals surface area (Å²) in [5, 5.41) is 3.29. The van der Waals surface area contributed by atoms with E-state index in [0.717, 1.165) is 6.42 Å². The van der Waals surface area contributed by atoms with Crippen LogP contribution in [0.2, 0.25) is 5.02 Å². The lowest BCUT2D eigenvalue weighted by molar-refractivity contribution is -0.117. The highest BCUT2D eigenvalue weighted by Crippen LogP contribution is 2.15. The van der Waals surface area contributed by atoms with E-state index in [-0.39, 0.29) is 11.8 Å². The molecular formula is C13H20ClN3O. The van der Waals surface area contributed by atoms with E-state index in [1.54, 1.807) is 12.1 Å². The second kappa shape index (κ2) is 7.34. The average Bonchev–Trinajstić information content (AvgIpc) is 2.30. The first-order valence-corrected chi connectivity index (χ1v) is 6.50. The van der Waals surface area contributed by atoms with Crippen molar-refractivity contribution >= 4 is 23.3 Å². The van der Waals surface area contributed by atoms with Crippen LogP contribution in [-0.4, -0.2) is 17.4 Å². The first kappa shape index (κ1) is 14.9. The molecule has 0 spiro atoms. The van der Waals surface area contributed by atoms with Crippen LogP contribution < -0.4 is 11.1 Å². The topological polar surface area (TPSA) is 68.0 Å². The Morgan fingerprint density at radius 1 is 1.50 bits per heavy atom. The molecule has 0 saturated carbocycles. The number of hydrogen-bond acceptors (Lipinski definition) is 3. The van der Waals surface area contributed by atoms with E-state index < -0.39 is 0 Å². The van der Waals surface area contributed by atoms with Gasteiger partial charge in [-0.15, -0.1) is 0 Å². The molecule has 1 heterocycles. The van der Waals surface area contributed by atoms with Crippen LogP contribution in [0.3, 0.4) is 0 Å². The fraction of sp³-hybridized carbons (Fsp3) is 0.538. The summed E-state index contributed by atoms with van der Waals surface area (Å²) >= 11 is 5.72. The van der Waals surface area contributed by atoms with E-state index in [4.69, 9.17) is 17.3 Å². The molecule has 0 aliphatic rings. The van der Waals surface area contributed by atoms with Crippen molar-refractivity contribution in [3.05, 3.63) is 23.4 Å². The van der Waals surface area contributed by atoms with Gasteiger partial charge in [0.25, 0.3) is 0 Å². The number of hydrogen-bond donors (Lipinski definition) is 2. The molecule has 0 unspecified atom stereocenters. The highest BCUT2D eigenvalue weighted by atomic mass is 35.5. The molecule has 4 nitrogen and oxygen atoms in total. The van der Waals surface area contributed by atoms with Gasteiger partial charge in [0.2, 0.25) is 5.91 Å². The van der Waals surface area contributed by atoms with Gasteiger partial charge in [0, 0.05) is 12.6 Å². The first-order valence-electron chi connectivity index (χ1n) is 6.12. The number of nitrogens with two attached hydrogens (primary N) is 1. The number of pyridine rings is 1. The molecule has 0 aliphatic heterocycles. The Bertz CT molecular complexity index is 378. The third-order valence-electron chi connectivity index (χ3n) is 2.61. The Morgan fingerprint density at radius 3 is 2.72 bits per heavy atom. The number of amides is 1. The SMILES string of the molecule is CC(C)C[C@H](CN)CC(=O)Nc1ccc(Cl)cn1.